The van der Waals surface area contributed by atoms with Crippen molar-refractivity contribution in [3.63, 3.8) is 0 Å². The third-order valence-corrected chi connectivity index (χ3v) is 5.72. The molecule has 0 unspecified atom stereocenters. The lowest BCUT2D eigenvalue weighted by Gasteiger charge is -2.22. The number of para-hydroxylation sites is 2. The summed E-state index contributed by atoms with van der Waals surface area (Å²) >= 11 is 5.71. The van der Waals surface area contributed by atoms with Crippen LogP contribution in [0.4, 0.5) is 11.4 Å². The Hall–Kier alpha value is -3.38. The van der Waals surface area contributed by atoms with Crippen LogP contribution >= 0.6 is 12.2 Å². The molecule has 3 aromatic rings. The predicted octanol–water partition coefficient (Wildman–Crippen LogP) is 4.35. The molecular formula is C24H25N5S. The average Bonchev–Trinajstić information content (AvgIpc) is 3.10. The Morgan fingerprint density at radius 1 is 0.967 bits per heavy atom. The highest BCUT2D eigenvalue weighted by Gasteiger charge is 2.24. The summed E-state index contributed by atoms with van der Waals surface area (Å²) in [6.07, 6.45) is 3.69. The van der Waals surface area contributed by atoms with Gasteiger partial charge in [0.25, 0.3) is 0 Å². The monoisotopic (exact) mass is 415 g/mol. The van der Waals surface area contributed by atoms with Gasteiger partial charge in [-0.1, -0.05) is 49.0 Å². The lowest BCUT2D eigenvalue weighted by Crippen LogP contribution is -2.30. The van der Waals surface area contributed by atoms with Crippen molar-refractivity contribution in [1.82, 2.24) is 14.8 Å². The number of anilines is 2. The Kier molecular flexibility index (Phi) is 5.95. The van der Waals surface area contributed by atoms with Crippen molar-refractivity contribution in [2.24, 2.45) is 0 Å². The zero-order valence-corrected chi connectivity index (χ0v) is 17.6. The summed E-state index contributed by atoms with van der Waals surface area (Å²) in [5, 5.41) is 4.19. The zero-order chi connectivity index (χ0) is 20.9. The molecule has 0 amide bonds. The van der Waals surface area contributed by atoms with Crippen LogP contribution in [0.3, 0.4) is 0 Å². The van der Waals surface area contributed by atoms with Crippen LogP contribution in [-0.4, -0.2) is 33.0 Å². The third kappa shape index (κ3) is 4.60. The molecule has 1 aromatic heterocycles. The number of benzene rings is 2. The second kappa shape index (κ2) is 8.97. The molecule has 0 bridgehead atoms. The second-order valence-corrected chi connectivity index (χ2v) is 7.74. The molecule has 6 heteroatoms. The molecule has 1 aliphatic heterocycles. The topological polar surface area (TPSA) is 57.4 Å². The van der Waals surface area contributed by atoms with E-state index in [-0.39, 0.29) is 0 Å². The normalized spacial score (nSPS) is 13.5. The summed E-state index contributed by atoms with van der Waals surface area (Å²) < 4.78 is 0. The van der Waals surface area contributed by atoms with E-state index in [2.05, 4.69) is 57.0 Å². The summed E-state index contributed by atoms with van der Waals surface area (Å²) in [5.41, 5.74) is 11.8. The largest absolute Gasteiger partial charge is 0.397 e. The molecule has 1 saturated heterocycles. The summed E-state index contributed by atoms with van der Waals surface area (Å²) in [4.78, 5) is 8.67. The Bertz CT molecular complexity index is 1030. The first-order chi connectivity index (χ1) is 14.6. The molecule has 0 atom stereocenters. The van der Waals surface area contributed by atoms with Crippen molar-refractivity contribution >= 4 is 34.4 Å². The van der Waals surface area contributed by atoms with Crippen LogP contribution in [0.15, 0.2) is 79.6 Å². The molecule has 1 fully saturated rings. The smallest absolute Gasteiger partial charge is 0.172 e. The highest BCUT2D eigenvalue weighted by Crippen LogP contribution is 2.23. The zero-order valence-electron chi connectivity index (χ0n) is 16.8. The first-order valence-electron chi connectivity index (χ1n) is 9.92. The molecule has 30 heavy (non-hydrogen) atoms. The van der Waals surface area contributed by atoms with Gasteiger partial charge in [0.15, 0.2) is 5.11 Å². The molecule has 4 rings (SSSR count). The minimum absolute atomic E-state index is 0.702. The van der Waals surface area contributed by atoms with Crippen LogP contribution in [0.2, 0.25) is 0 Å². The molecule has 2 heterocycles. The van der Waals surface area contributed by atoms with Crippen LogP contribution in [0.25, 0.3) is 5.70 Å². The maximum atomic E-state index is 6.01. The summed E-state index contributed by atoms with van der Waals surface area (Å²) in [7, 11) is 0. The molecule has 3 N–H and O–H groups in total. The number of thiocarbonyl (C=S) groups is 1. The van der Waals surface area contributed by atoms with E-state index in [1.54, 1.807) is 6.20 Å². The molecule has 0 saturated carbocycles. The number of hydrogen-bond donors (Lipinski definition) is 2. The van der Waals surface area contributed by atoms with Gasteiger partial charge in [-0.25, -0.2) is 0 Å². The fourth-order valence-corrected chi connectivity index (χ4v) is 3.83. The lowest BCUT2D eigenvalue weighted by atomic mass is 10.1. The van der Waals surface area contributed by atoms with Gasteiger partial charge in [0, 0.05) is 44.3 Å². The highest BCUT2D eigenvalue weighted by molar-refractivity contribution is 7.80. The molecular weight excluding hydrogens is 390 g/mol. The van der Waals surface area contributed by atoms with Gasteiger partial charge in [0.1, 0.15) is 0 Å². The molecule has 5 nitrogen and oxygen atoms in total. The van der Waals surface area contributed by atoms with Crippen molar-refractivity contribution < 1.29 is 0 Å². The van der Waals surface area contributed by atoms with Gasteiger partial charge >= 0.3 is 0 Å². The van der Waals surface area contributed by atoms with Crippen molar-refractivity contribution in [2.45, 2.75) is 13.1 Å². The second-order valence-electron chi connectivity index (χ2n) is 7.37. The third-order valence-electron chi connectivity index (χ3n) is 5.20. The molecule has 0 aliphatic carbocycles. The number of nitrogens with one attached hydrogen (secondary N) is 1. The number of pyridine rings is 1. The van der Waals surface area contributed by atoms with Crippen molar-refractivity contribution in [2.75, 3.05) is 24.1 Å². The fourth-order valence-electron chi connectivity index (χ4n) is 3.52. The Balaban J connectivity index is 1.35. The van der Waals surface area contributed by atoms with Gasteiger partial charge in [-0.05, 0) is 47.1 Å². The quantitative estimate of drug-likeness (QED) is 0.442. The van der Waals surface area contributed by atoms with Crippen LogP contribution < -0.4 is 11.1 Å². The lowest BCUT2D eigenvalue weighted by molar-refractivity contribution is 0.457. The number of aromatic nitrogens is 1. The van der Waals surface area contributed by atoms with Gasteiger partial charge < -0.3 is 20.9 Å². The van der Waals surface area contributed by atoms with Gasteiger partial charge in [-0.3, -0.25) is 4.98 Å². The SMILES string of the molecule is C=C(Nc1ccccc1N)c1ccc(CN2CCN(Cc3cccnc3)C2=S)cc1. The number of rotatable bonds is 7. The van der Waals surface area contributed by atoms with Crippen LogP contribution in [0.1, 0.15) is 16.7 Å². The van der Waals surface area contributed by atoms with Gasteiger partial charge in [0.2, 0.25) is 0 Å². The average molecular weight is 416 g/mol. The molecule has 2 aromatic carbocycles. The van der Waals surface area contributed by atoms with Gasteiger partial charge in [-0.2, -0.15) is 0 Å². The van der Waals surface area contributed by atoms with Gasteiger partial charge in [0.05, 0.1) is 11.4 Å². The summed E-state index contributed by atoms with van der Waals surface area (Å²) in [6.45, 7) is 7.62. The number of nitrogen functional groups attached to an aromatic ring is 1. The van der Waals surface area contributed by atoms with E-state index in [4.69, 9.17) is 18.0 Å². The van der Waals surface area contributed by atoms with E-state index in [0.29, 0.717) is 5.69 Å². The van der Waals surface area contributed by atoms with Crippen LogP contribution in [-0.2, 0) is 13.1 Å². The van der Waals surface area contributed by atoms with E-state index < -0.39 is 0 Å². The number of hydrogen-bond acceptors (Lipinski definition) is 4. The number of nitrogens with zero attached hydrogens (tertiary/aromatic N) is 3. The Morgan fingerprint density at radius 3 is 2.33 bits per heavy atom. The minimum Gasteiger partial charge on any atom is -0.397 e. The number of nitrogens with two attached hydrogens (primary N) is 1. The van der Waals surface area contributed by atoms with E-state index in [1.807, 2.05) is 36.5 Å². The maximum Gasteiger partial charge on any atom is 0.172 e. The summed E-state index contributed by atoms with van der Waals surface area (Å²) in [5.74, 6) is 0. The molecule has 0 radical (unpaired) electrons. The van der Waals surface area contributed by atoms with Crippen LogP contribution in [0, 0.1) is 0 Å². The van der Waals surface area contributed by atoms with E-state index in [1.165, 1.54) is 11.1 Å². The highest BCUT2D eigenvalue weighted by atomic mass is 32.1. The Labute approximate surface area is 182 Å². The van der Waals surface area contributed by atoms with Gasteiger partial charge in [-0.15, -0.1) is 0 Å². The van der Waals surface area contributed by atoms with E-state index in [9.17, 15) is 0 Å². The first kappa shape index (κ1) is 19.9. The van der Waals surface area contributed by atoms with E-state index in [0.717, 1.165) is 48.2 Å². The fraction of sp³-hybridized carbons (Fsp3) is 0.167. The van der Waals surface area contributed by atoms with Crippen molar-refractivity contribution in [3.05, 3.63) is 96.3 Å². The van der Waals surface area contributed by atoms with Crippen molar-refractivity contribution in [3.8, 4) is 0 Å². The van der Waals surface area contributed by atoms with E-state index >= 15 is 0 Å². The molecule has 1 aliphatic rings. The predicted molar refractivity (Wildman–Crippen MR) is 128 cm³/mol. The Morgan fingerprint density at radius 2 is 1.67 bits per heavy atom. The first-order valence-corrected chi connectivity index (χ1v) is 10.3. The van der Waals surface area contributed by atoms with Crippen molar-refractivity contribution in [1.29, 1.82) is 0 Å². The standard InChI is InChI=1S/C24H25N5S/c1-18(27-23-7-3-2-6-22(23)25)21-10-8-19(9-11-21)16-28-13-14-29(24(28)30)17-20-5-4-12-26-15-20/h2-12,15,27H,1,13-14,16-17,25H2. The molecule has 152 valence electrons. The molecule has 0 spiro atoms. The minimum atomic E-state index is 0.702. The maximum absolute atomic E-state index is 6.01. The van der Waals surface area contributed by atoms with Crippen LogP contribution in [0.5, 0.6) is 0 Å². The summed E-state index contributed by atoms with van der Waals surface area (Å²) in [6, 6.07) is 20.1.